The number of benzene rings is 3. The predicted octanol–water partition coefficient (Wildman–Crippen LogP) is 4.70. The lowest BCUT2D eigenvalue weighted by molar-refractivity contribution is -0.384. The van der Waals surface area contributed by atoms with Crippen molar-refractivity contribution in [2.75, 3.05) is 11.9 Å². The smallest absolute Gasteiger partial charge is 0.270 e. The molecule has 2 amide bonds. The fourth-order valence-corrected chi connectivity index (χ4v) is 3.77. The first-order chi connectivity index (χ1) is 14.9. The maximum Gasteiger partial charge on any atom is 0.270 e. The zero-order valence-corrected chi connectivity index (χ0v) is 17.1. The molecule has 4 rings (SSSR count). The second-order valence-corrected chi connectivity index (χ2v) is 7.61. The van der Waals surface area contributed by atoms with Crippen molar-refractivity contribution in [1.29, 1.82) is 0 Å². The topological polar surface area (TPSA) is 92.6 Å². The van der Waals surface area contributed by atoms with Crippen LogP contribution in [0.4, 0.5) is 11.4 Å². The summed E-state index contributed by atoms with van der Waals surface area (Å²) in [6.45, 7) is 1.06. The quantitative estimate of drug-likeness (QED) is 0.475. The minimum atomic E-state index is -0.579. The standard InChI is InChI=1S/C23H18ClN3O4/c24-21-9-8-19(27(30)31)13-20(21)22(28)25-18-7-6-15-10-11-26(14-17(15)12-18)23(29)16-4-2-1-3-5-16/h1-9,12-13H,10-11,14H2,(H,25,28). The van der Waals surface area contributed by atoms with Crippen LogP contribution in [0, 0.1) is 10.1 Å². The van der Waals surface area contributed by atoms with E-state index in [0.29, 0.717) is 24.3 Å². The lowest BCUT2D eigenvalue weighted by Crippen LogP contribution is -2.36. The monoisotopic (exact) mass is 435 g/mol. The predicted molar refractivity (Wildman–Crippen MR) is 117 cm³/mol. The highest BCUT2D eigenvalue weighted by Gasteiger charge is 2.22. The second-order valence-electron chi connectivity index (χ2n) is 7.20. The summed E-state index contributed by atoms with van der Waals surface area (Å²) in [6, 6.07) is 18.3. The molecule has 1 N–H and O–H groups in total. The summed E-state index contributed by atoms with van der Waals surface area (Å²) in [4.78, 5) is 37.6. The van der Waals surface area contributed by atoms with Gasteiger partial charge in [0.2, 0.25) is 0 Å². The Hall–Kier alpha value is -3.71. The zero-order valence-electron chi connectivity index (χ0n) is 16.4. The van der Waals surface area contributed by atoms with Crippen molar-refractivity contribution in [3.8, 4) is 0 Å². The molecule has 3 aromatic rings. The van der Waals surface area contributed by atoms with Gasteiger partial charge < -0.3 is 10.2 Å². The maximum atomic E-state index is 12.8. The van der Waals surface area contributed by atoms with Gasteiger partial charge in [0.05, 0.1) is 15.5 Å². The summed E-state index contributed by atoms with van der Waals surface area (Å²) in [6.07, 6.45) is 0.721. The Balaban J connectivity index is 1.53. The molecule has 0 saturated carbocycles. The number of nitro groups is 1. The van der Waals surface area contributed by atoms with Gasteiger partial charge in [0.1, 0.15) is 0 Å². The van der Waals surface area contributed by atoms with Crippen LogP contribution in [-0.4, -0.2) is 28.2 Å². The van der Waals surface area contributed by atoms with Crippen LogP contribution in [0.3, 0.4) is 0 Å². The Kier molecular flexibility index (Phi) is 5.68. The van der Waals surface area contributed by atoms with E-state index in [1.165, 1.54) is 12.1 Å². The van der Waals surface area contributed by atoms with E-state index < -0.39 is 10.8 Å². The molecule has 0 atom stereocenters. The van der Waals surface area contributed by atoms with Crippen molar-refractivity contribution < 1.29 is 14.5 Å². The van der Waals surface area contributed by atoms with E-state index >= 15 is 0 Å². The van der Waals surface area contributed by atoms with Gasteiger partial charge in [-0.15, -0.1) is 0 Å². The fourth-order valence-electron chi connectivity index (χ4n) is 3.57. The average Bonchev–Trinajstić information content (AvgIpc) is 2.78. The third kappa shape index (κ3) is 4.41. The highest BCUT2D eigenvalue weighted by atomic mass is 35.5. The van der Waals surface area contributed by atoms with Gasteiger partial charge in [-0.1, -0.05) is 35.9 Å². The van der Waals surface area contributed by atoms with Crippen molar-refractivity contribution in [2.45, 2.75) is 13.0 Å². The number of hydrogen-bond donors (Lipinski definition) is 1. The highest BCUT2D eigenvalue weighted by Crippen LogP contribution is 2.26. The van der Waals surface area contributed by atoms with E-state index in [9.17, 15) is 19.7 Å². The van der Waals surface area contributed by atoms with Gasteiger partial charge in [-0.25, -0.2) is 0 Å². The van der Waals surface area contributed by atoms with Crippen LogP contribution in [0.2, 0.25) is 5.02 Å². The fraction of sp³-hybridized carbons (Fsp3) is 0.130. The molecular weight excluding hydrogens is 418 g/mol. The number of fused-ring (bicyclic) bond motifs is 1. The minimum Gasteiger partial charge on any atom is -0.334 e. The van der Waals surface area contributed by atoms with Gasteiger partial charge in [0, 0.05) is 36.5 Å². The number of halogens is 1. The first-order valence-corrected chi connectivity index (χ1v) is 10.0. The molecule has 3 aromatic carbocycles. The average molecular weight is 436 g/mol. The maximum absolute atomic E-state index is 12.8. The molecule has 0 aliphatic carbocycles. The Labute approximate surface area is 183 Å². The molecular formula is C23H18ClN3O4. The largest absolute Gasteiger partial charge is 0.334 e. The van der Waals surface area contributed by atoms with E-state index in [4.69, 9.17) is 11.6 Å². The van der Waals surface area contributed by atoms with E-state index in [1.54, 1.807) is 23.1 Å². The molecule has 0 aromatic heterocycles. The number of anilines is 1. The summed E-state index contributed by atoms with van der Waals surface area (Å²) in [5.74, 6) is -0.578. The van der Waals surface area contributed by atoms with Crippen LogP contribution in [0.25, 0.3) is 0 Å². The number of nitrogens with one attached hydrogen (secondary N) is 1. The Morgan fingerprint density at radius 1 is 1.00 bits per heavy atom. The third-order valence-corrected chi connectivity index (χ3v) is 5.52. The van der Waals surface area contributed by atoms with Crippen molar-refractivity contribution in [1.82, 2.24) is 4.90 Å². The van der Waals surface area contributed by atoms with Crippen LogP contribution in [-0.2, 0) is 13.0 Å². The summed E-state index contributed by atoms with van der Waals surface area (Å²) < 4.78 is 0. The van der Waals surface area contributed by atoms with Gasteiger partial charge in [-0.2, -0.15) is 0 Å². The number of nitrogens with zero attached hydrogens (tertiary/aromatic N) is 2. The van der Waals surface area contributed by atoms with Gasteiger partial charge in [-0.05, 0) is 47.9 Å². The summed E-state index contributed by atoms with van der Waals surface area (Å²) in [5, 5.41) is 13.9. The van der Waals surface area contributed by atoms with Crippen LogP contribution in [0.5, 0.6) is 0 Å². The zero-order chi connectivity index (χ0) is 22.0. The number of hydrogen-bond acceptors (Lipinski definition) is 4. The first-order valence-electron chi connectivity index (χ1n) is 9.64. The number of amides is 2. The van der Waals surface area contributed by atoms with Crippen molar-refractivity contribution in [3.63, 3.8) is 0 Å². The van der Waals surface area contributed by atoms with Gasteiger partial charge in [-0.3, -0.25) is 19.7 Å². The SMILES string of the molecule is O=C(Nc1ccc2c(c1)CN(C(=O)c1ccccc1)CC2)c1cc([N+](=O)[O-])ccc1Cl. The van der Waals surface area contributed by atoms with Gasteiger partial charge >= 0.3 is 0 Å². The molecule has 1 heterocycles. The van der Waals surface area contributed by atoms with Crippen molar-refractivity contribution >= 4 is 34.8 Å². The highest BCUT2D eigenvalue weighted by molar-refractivity contribution is 6.34. The molecule has 1 aliphatic heterocycles. The number of nitro benzene ring substituents is 1. The Morgan fingerprint density at radius 2 is 1.77 bits per heavy atom. The molecule has 0 saturated heterocycles. The van der Waals surface area contributed by atoms with Gasteiger partial charge in [0.15, 0.2) is 0 Å². The number of rotatable bonds is 4. The summed E-state index contributed by atoms with van der Waals surface area (Å²) in [5.41, 5.74) is 3.03. The van der Waals surface area contributed by atoms with Gasteiger partial charge in [0.25, 0.3) is 17.5 Å². The molecule has 156 valence electrons. The Bertz CT molecular complexity index is 1180. The molecule has 0 unspecified atom stereocenters. The second kappa shape index (κ2) is 8.57. The molecule has 0 fully saturated rings. The van der Waals surface area contributed by atoms with Crippen molar-refractivity contribution in [2.24, 2.45) is 0 Å². The molecule has 0 spiro atoms. The molecule has 0 bridgehead atoms. The minimum absolute atomic E-state index is 0.0227. The summed E-state index contributed by atoms with van der Waals surface area (Å²) >= 11 is 6.06. The number of non-ortho nitro benzene ring substituents is 1. The van der Waals surface area contributed by atoms with E-state index in [-0.39, 0.29) is 22.2 Å². The molecule has 1 aliphatic rings. The third-order valence-electron chi connectivity index (χ3n) is 5.19. The van der Waals surface area contributed by atoms with E-state index in [2.05, 4.69) is 5.32 Å². The van der Waals surface area contributed by atoms with Crippen LogP contribution >= 0.6 is 11.6 Å². The molecule has 7 nitrogen and oxygen atoms in total. The lowest BCUT2D eigenvalue weighted by atomic mass is 9.98. The van der Waals surface area contributed by atoms with Crippen molar-refractivity contribution in [3.05, 3.63) is 104 Å². The molecule has 31 heavy (non-hydrogen) atoms. The Morgan fingerprint density at radius 3 is 2.52 bits per heavy atom. The van der Waals surface area contributed by atoms with E-state index in [1.807, 2.05) is 30.3 Å². The molecule has 0 radical (unpaired) electrons. The molecule has 8 heteroatoms. The van der Waals surface area contributed by atoms with Crippen LogP contribution < -0.4 is 5.32 Å². The lowest BCUT2D eigenvalue weighted by Gasteiger charge is -2.29. The number of carbonyl (C=O) groups excluding carboxylic acids is 2. The number of carbonyl (C=O) groups is 2. The summed E-state index contributed by atoms with van der Waals surface area (Å²) in [7, 11) is 0. The first kappa shape index (κ1) is 20.6. The van der Waals surface area contributed by atoms with E-state index in [0.717, 1.165) is 23.6 Å². The van der Waals surface area contributed by atoms with Crippen LogP contribution in [0.1, 0.15) is 31.8 Å². The van der Waals surface area contributed by atoms with Crippen LogP contribution in [0.15, 0.2) is 66.7 Å². The normalized spacial score (nSPS) is 12.7.